The van der Waals surface area contributed by atoms with Crippen molar-refractivity contribution in [2.75, 3.05) is 20.8 Å². The fourth-order valence-electron chi connectivity index (χ4n) is 2.52. The number of methoxy groups -OCH3 is 2. The molecule has 0 spiro atoms. The molecule has 0 unspecified atom stereocenters. The summed E-state index contributed by atoms with van der Waals surface area (Å²) in [6.45, 7) is 4.06. The highest BCUT2D eigenvalue weighted by Gasteiger charge is 2.17. The topological polar surface area (TPSA) is 56.8 Å². The Morgan fingerprint density at radius 3 is 2.17 bits per heavy atom. The summed E-state index contributed by atoms with van der Waals surface area (Å²) in [6, 6.07) is 13.0. The Balaban J connectivity index is 2.39. The van der Waals surface area contributed by atoms with Gasteiger partial charge in [0.2, 0.25) is 5.91 Å². The van der Waals surface area contributed by atoms with Gasteiger partial charge in [0.25, 0.3) is 0 Å². The summed E-state index contributed by atoms with van der Waals surface area (Å²) in [7, 11) is 3.18. The van der Waals surface area contributed by atoms with Gasteiger partial charge in [-0.2, -0.15) is 0 Å². The van der Waals surface area contributed by atoms with Gasteiger partial charge in [0.1, 0.15) is 5.75 Å². The molecular weight excluding hydrogens is 306 g/mol. The van der Waals surface area contributed by atoms with Crippen molar-refractivity contribution in [1.29, 1.82) is 0 Å². The molecule has 0 radical (unpaired) electrons. The van der Waals surface area contributed by atoms with Crippen LogP contribution in [-0.4, -0.2) is 26.7 Å². The normalized spacial score (nSPS) is 11.5. The third-order valence-electron chi connectivity index (χ3n) is 3.61. The predicted octanol–water partition coefficient (Wildman–Crippen LogP) is 3.33. The molecule has 2 aromatic carbocycles. The van der Waals surface area contributed by atoms with Gasteiger partial charge in [-0.05, 0) is 42.3 Å². The SMILES string of the molecule is CCOc1ccc([C@@H](NC(C)=O)c2ccc(OC)c(OC)c2)cc1. The molecule has 2 rings (SSSR count). The number of amides is 1. The van der Waals surface area contributed by atoms with Gasteiger partial charge in [-0.25, -0.2) is 0 Å². The van der Waals surface area contributed by atoms with Crippen molar-refractivity contribution in [3.63, 3.8) is 0 Å². The van der Waals surface area contributed by atoms with Crippen LogP contribution in [0.3, 0.4) is 0 Å². The smallest absolute Gasteiger partial charge is 0.217 e. The van der Waals surface area contributed by atoms with Crippen LogP contribution in [0.25, 0.3) is 0 Å². The van der Waals surface area contributed by atoms with Gasteiger partial charge in [0.05, 0.1) is 26.9 Å². The molecule has 1 atom stereocenters. The molecule has 0 aromatic heterocycles. The van der Waals surface area contributed by atoms with Gasteiger partial charge in [-0.1, -0.05) is 18.2 Å². The summed E-state index contributed by atoms with van der Waals surface area (Å²) >= 11 is 0. The Bertz CT molecular complexity index is 682. The summed E-state index contributed by atoms with van der Waals surface area (Å²) in [4.78, 5) is 11.7. The average Bonchev–Trinajstić information content (AvgIpc) is 2.60. The highest BCUT2D eigenvalue weighted by Crippen LogP contribution is 2.32. The summed E-state index contributed by atoms with van der Waals surface area (Å²) in [5, 5.41) is 2.98. The maximum atomic E-state index is 11.7. The second-order valence-electron chi connectivity index (χ2n) is 5.25. The maximum absolute atomic E-state index is 11.7. The fourth-order valence-corrected chi connectivity index (χ4v) is 2.52. The molecular formula is C19H23NO4. The van der Waals surface area contributed by atoms with Gasteiger partial charge >= 0.3 is 0 Å². The minimum absolute atomic E-state index is 0.108. The van der Waals surface area contributed by atoms with E-state index in [4.69, 9.17) is 14.2 Å². The van der Waals surface area contributed by atoms with E-state index in [9.17, 15) is 4.79 Å². The molecule has 0 fully saturated rings. The van der Waals surface area contributed by atoms with E-state index in [1.54, 1.807) is 14.2 Å². The average molecular weight is 329 g/mol. The van der Waals surface area contributed by atoms with Crippen LogP contribution < -0.4 is 19.5 Å². The van der Waals surface area contributed by atoms with Crippen LogP contribution >= 0.6 is 0 Å². The molecule has 2 aromatic rings. The van der Waals surface area contributed by atoms with E-state index in [2.05, 4.69) is 5.32 Å². The Morgan fingerprint density at radius 2 is 1.62 bits per heavy atom. The van der Waals surface area contributed by atoms with Crippen LogP contribution in [-0.2, 0) is 4.79 Å². The molecule has 5 nitrogen and oxygen atoms in total. The Hall–Kier alpha value is -2.69. The zero-order chi connectivity index (χ0) is 17.5. The summed E-state index contributed by atoms with van der Waals surface area (Å²) in [6.07, 6.45) is 0. The van der Waals surface area contributed by atoms with Crippen LogP contribution in [0.5, 0.6) is 17.2 Å². The lowest BCUT2D eigenvalue weighted by molar-refractivity contribution is -0.119. The standard InChI is InChI=1S/C19H23NO4/c1-5-24-16-9-6-14(7-10-16)19(20-13(2)21)15-8-11-17(22-3)18(12-15)23-4/h6-12,19H,5H2,1-4H3,(H,20,21)/t19-/m1/s1. The zero-order valence-corrected chi connectivity index (χ0v) is 14.5. The third-order valence-corrected chi connectivity index (χ3v) is 3.61. The summed E-state index contributed by atoms with van der Waals surface area (Å²) < 4.78 is 16.1. The van der Waals surface area contributed by atoms with Crippen molar-refractivity contribution in [1.82, 2.24) is 5.32 Å². The number of ether oxygens (including phenoxy) is 3. The van der Waals surface area contributed by atoms with Crippen molar-refractivity contribution < 1.29 is 19.0 Å². The Morgan fingerprint density at radius 1 is 1.00 bits per heavy atom. The van der Waals surface area contributed by atoms with Gasteiger partial charge in [0.15, 0.2) is 11.5 Å². The highest BCUT2D eigenvalue weighted by molar-refractivity contribution is 5.74. The van der Waals surface area contributed by atoms with Crippen molar-refractivity contribution in [2.24, 2.45) is 0 Å². The van der Waals surface area contributed by atoms with Gasteiger partial charge in [0, 0.05) is 6.92 Å². The fraction of sp³-hybridized carbons (Fsp3) is 0.316. The maximum Gasteiger partial charge on any atom is 0.217 e. The highest BCUT2D eigenvalue weighted by atomic mass is 16.5. The van der Waals surface area contributed by atoms with Gasteiger partial charge < -0.3 is 19.5 Å². The number of carbonyl (C=O) groups is 1. The molecule has 0 aliphatic heterocycles. The molecule has 128 valence electrons. The first-order valence-corrected chi connectivity index (χ1v) is 7.80. The molecule has 1 amide bonds. The van der Waals surface area contributed by atoms with Crippen LogP contribution in [0.1, 0.15) is 31.0 Å². The van der Waals surface area contributed by atoms with Crippen LogP contribution in [0.2, 0.25) is 0 Å². The first kappa shape index (κ1) is 17.7. The molecule has 0 saturated carbocycles. The van der Waals surface area contributed by atoms with E-state index in [1.807, 2.05) is 49.4 Å². The van der Waals surface area contributed by atoms with E-state index in [0.29, 0.717) is 18.1 Å². The van der Waals surface area contributed by atoms with Crippen molar-refractivity contribution in [2.45, 2.75) is 19.9 Å². The number of hydrogen-bond donors (Lipinski definition) is 1. The third kappa shape index (κ3) is 4.19. The van der Waals surface area contributed by atoms with Gasteiger partial charge in [-0.3, -0.25) is 4.79 Å². The molecule has 0 bridgehead atoms. The lowest BCUT2D eigenvalue weighted by Gasteiger charge is -2.20. The van der Waals surface area contributed by atoms with Crippen LogP contribution in [0.15, 0.2) is 42.5 Å². The van der Waals surface area contributed by atoms with E-state index >= 15 is 0 Å². The minimum atomic E-state index is -0.280. The summed E-state index contributed by atoms with van der Waals surface area (Å²) in [5.41, 5.74) is 1.87. The van der Waals surface area contributed by atoms with E-state index in [0.717, 1.165) is 16.9 Å². The number of carbonyl (C=O) groups excluding carboxylic acids is 1. The van der Waals surface area contributed by atoms with Crippen LogP contribution in [0.4, 0.5) is 0 Å². The number of benzene rings is 2. The molecule has 0 aliphatic rings. The lowest BCUT2D eigenvalue weighted by atomic mass is 9.98. The first-order chi connectivity index (χ1) is 11.6. The molecule has 1 N–H and O–H groups in total. The van der Waals surface area contributed by atoms with Crippen LogP contribution in [0, 0.1) is 0 Å². The van der Waals surface area contributed by atoms with Crippen molar-refractivity contribution >= 4 is 5.91 Å². The second-order valence-corrected chi connectivity index (χ2v) is 5.25. The number of nitrogens with one attached hydrogen (secondary N) is 1. The number of hydrogen-bond acceptors (Lipinski definition) is 4. The monoisotopic (exact) mass is 329 g/mol. The first-order valence-electron chi connectivity index (χ1n) is 7.80. The quantitative estimate of drug-likeness (QED) is 0.846. The molecule has 0 heterocycles. The largest absolute Gasteiger partial charge is 0.494 e. The summed E-state index contributed by atoms with van der Waals surface area (Å²) in [5.74, 6) is 1.96. The lowest BCUT2D eigenvalue weighted by Crippen LogP contribution is -2.26. The second kappa shape index (κ2) is 8.24. The predicted molar refractivity (Wildman–Crippen MR) is 92.8 cm³/mol. The van der Waals surface area contributed by atoms with Gasteiger partial charge in [-0.15, -0.1) is 0 Å². The van der Waals surface area contributed by atoms with E-state index in [1.165, 1.54) is 6.92 Å². The van der Waals surface area contributed by atoms with E-state index < -0.39 is 0 Å². The molecule has 0 saturated heterocycles. The minimum Gasteiger partial charge on any atom is -0.494 e. The van der Waals surface area contributed by atoms with Crippen molar-refractivity contribution in [3.8, 4) is 17.2 Å². The molecule has 0 aliphatic carbocycles. The molecule has 5 heteroatoms. The Kier molecular flexibility index (Phi) is 6.07. The molecule has 24 heavy (non-hydrogen) atoms. The Labute approximate surface area is 142 Å². The van der Waals surface area contributed by atoms with Crippen molar-refractivity contribution in [3.05, 3.63) is 53.6 Å². The van der Waals surface area contributed by atoms with E-state index in [-0.39, 0.29) is 11.9 Å². The zero-order valence-electron chi connectivity index (χ0n) is 14.5. The number of rotatable bonds is 7.